The van der Waals surface area contributed by atoms with Crippen molar-refractivity contribution >= 4 is 15.8 Å². The normalized spacial score (nSPS) is 11.0. The summed E-state index contributed by atoms with van der Waals surface area (Å²) >= 11 is 0. The number of hydrogen-bond acceptors (Lipinski definition) is 8. The molecule has 0 fully saturated rings. The van der Waals surface area contributed by atoms with E-state index in [4.69, 9.17) is 14.2 Å². The molecule has 0 saturated carbocycles. The van der Waals surface area contributed by atoms with Gasteiger partial charge in [-0.3, -0.25) is 0 Å². The third-order valence-corrected chi connectivity index (χ3v) is 5.20. The van der Waals surface area contributed by atoms with Crippen molar-refractivity contribution in [2.75, 3.05) is 20.5 Å². The zero-order valence-corrected chi connectivity index (χ0v) is 17.1. The van der Waals surface area contributed by atoms with Crippen LogP contribution in [0.5, 0.6) is 23.5 Å². The van der Waals surface area contributed by atoms with Crippen molar-refractivity contribution in [1.82, 2.24) is 9.97 Å². The highest BCUT2D eigenvalue weighted by Gasteiger charge is 2.21. The first-order valence-electron chi connectivity index (χ1n) is 8.54. The minimum atomic E-state index is -3.47. The summed E-state index contributed by atoms with van der Waals surface area (Å²) in [5.41, 5.74) is 0.513. The number of nitrogens with zero attached hydrogens (tertiary/aromatic N) is 2. The fraction of sp³-hybridized carbons (Fsp3) is 0.150. The Labute approximate surface area is 172 Å². The standard InChI is InChI=1S/C20H18N2O7S/c1-27-16-11-17(28-2)22-20(21-16)29-15-9-5-8-14(18(15)19(23)24)12-6-4-7-13(10-12)30(3,25)26/h4-11H,1-3H3,(H,23,24). The van der Waals surface area contributed by atoms with Gasteiger partial charge in [-0.05, 0) is 23.8 Å². The fourth-order valence-corrected chi connectivity index (χ4v) is 3.38. The number of carboxylic acid groups (broad SMARTS) is 1. The summed E-state index contributed by atoms with van der Waals surface area (Å²) in [6.45, 7) is 0. The molecule has 3 aromatic rings. The smallest absolute Gasteiger partial charge is 0.340 e. The van der Waals surface area contributed by atoms with E-state index in [0.717, 1.165) is 6.26 Å². The molecule has 0 spiro atoms. The van der Waals surface area contributed by atoms with Crippen LogP contribution >= 0.6 is 0 Å². The number of aromatic carboxylic acids is 1. The van der Waals surface area contributed by atoms with Gasteiger partial charge in [0.15, 0.2) is 9.84 Å². The number of hydrogen-bond donors (Lipinski definition) is 1. The zero-order valence-electron chi connectivity index (χ0n) is 16.3. The summed E-state index contributed by atoms with van der Waals surface area (Å²) in [5.74, 6) is -0.947. The lowest BCUT2D eigenvalue weighted by molar-refractivity contribution is 0.0695. The number of methoxy groups -OCH3 is 2. The van der Waals surface area contributed by atoms with Gasteiger partial charge in [-0.15, -0.1) is 0 Å². The second-order valence-electron chi connectivity index (χ2n) is 6.12. The van der Waals surface area contributed by atoms with Gasteiger partial charge in [0.05, 0.1) is 25.2 Å². The Balaban J connectivity index is 2.12. The SMILES string of the molecule is COc1cc(OC)nc(Oc2cccc(-c3cccc(S(C)(=O)=O)c3)c2C(=O)O)n1. The number of sulfone groups is 1. The molecule has 1 heterocycles. The molecule has 30 heavy (non-hydrogen) atoms. The van der Waals surface area contributed by atoms with E-state index < -0.39 is 15.8 Å². The summed E-state index contributed by atoms with van der Waals surface area (Å²) in [4.78, 5) is 20.2. The largest absolute Gasteiger partial charge is 0.481 e. The average molecular weight is 430 g/mol. The number of aromatic nitrogens is 2. The molecule has 0 bridgehead atoms. The monoisotopic (exact) mass is 430 g/mol. The first-order chi connectivity index (χ1) is 14.2. The molecular formula is C20H18N2O7S. The predicted octanol–water partition coefficient (Wildman–Crippen LogP) is 3.05. The van der Waals surface area contributed by atoms with Crippen LogP contribution in [0.4, 0.5) is 0 Å². The minimum absolute atomic E-state index is 0.0277. The lowest BCUT2D eigenvalue weighted by Gasteiger charge is -2.13. The summed E-state index contributed by atoms with van der Waals surface area (Å²) in [6.07, 6.45) is 1.08. The van der Waals surface area contributed by atoms with Gasteiger partial charge in [-0.25, -0.2) is 13.2 Å². The second kappa shape index (κ2) is 8.37. The van der Waals surface area contributed by atoms with Crippen molar-refractivity contribution in [1.29, 1.82) is 0 Å². The van der Waals surface area contributed by atoms with Gasteiger partial charge < -0.3 is 19.3 Å². The van der Waals surface area contributed by atoms with E-state index in [2.05, 4.69) is 9.97 Å². The Morgan fingerprint density at radius 2 is 1.60 bits per heavy atom. The summed E-state index contributed by atoms with van der Waals surface area (Å²) in [5, 5.41) is 9.83. The van der Waals surface area contributed by atoms with E-state index in [-0.39, 0.29) is 39.5 Å². The van der Waals surface area contributed by atoms with Crippen molar-refractivity contribution in [3.8, 4) is 34.6 Å². The van der Waals surface area contributed by atoms with Gasteiger partial charge >= 0.3 is 12.0 Å². The van der Waals surface area contributed by atoms with E-state index in [1.807, 2.05) is 0 Å². The van der Waals surface area contributed by atoms with Crippen LogP contribution in [0.1, 0.15) is 10.4 Å². The molecule has 2 aromatic carbocycles. The molecule has 156 valence electrons. The number of ether oxygens (including phenoxy) is 3. The van der Waals surface area contributed by atoms with Crippen molar-refractivity contribution < 1.29 is 32.5 Å². The summed E-state index contributed by atoms with van der Waals surface area (Å²) < 4.78 is 39.5. The molecule has 0 aliphatic rings. The number of carbonyl (C=O) groups is 1. The van der Waals surface area contributed by atoms with Gasteiger partial charge in [0.2, 0.25) is 11.8 Å². The highest BCUT2D eigenvalue weighted by Crippen LogP contribution is 2.34. The van der Waals surface area contributed by atoms with Crippen LogP contribution in [0.15, 0.2) is 53.4 Å². The maximum absolute atomic E-state index is 12.0. The number of benzene rings is 2. The molecule has 0 amide bonds. The molecule has 1 N–H and O–H groups in total. The highest BCUT2D eigenvalue weighted by atomic mass is 32.2. The fourth-order valence-electron chi connectivity index (χ4n) is 2.71. The van der Waals surface area contributed by atoms with Crippen molar-refractivity contribution in [3.63, 3.8) is 0 Å². The van der Waals surface area contributed by atoms with Crippen LogP contribution in [0.3, 0.4) is 0 Å². The molecule has 10 heteroatoms. The van der Waals surface area contributed by atoms with Crippen molar-refractivity contribution in [2.45, 2.75) is 4.90 Å². The van der Waals surface area contributed by atoms with Gasteiger partial charge in [-0.1, -0.05) is 24.3 Å². The Hall–Kier alpha value is -3.66. The van der Waals surface area contributed by atoms with Gasteiger partial charge in [-0.2, -0.15) is 9.97 Å². The van der Waals surface area contributed by atoms with Gasteiger partial charge in [0.25, 0.3) is 0 Å². The topological polar surface area (TPSA) is 125 Å². The zero-order chi connectivity index (χ0) is 21.9. The minimum Gasteiger partial charge on any atom is -0.481 e. The maximum atomic E-state index is 12.0. The number of carboxylic acids is 1. The molecule has 1 aromatic heterocycles. The van der Waals surface area contributed by atoms with E-state index >= 15 is 0 Å². The van der Waals surface area contributed by atoms with Crippen LogP contribution in [-0.2, 0) is 9.84 Å². The summed E-state index contributed by atoms with van der Waals surface area (Å²) in [6, 6.07) is 11.9. The summed E-state index contributed by atoms with van der Waals surface area (Å²) in [7, 11) is -0.654. The molecule has 0 aliphatic carbocycles. The molecule has 0 atom stereocenters. The Morgan fingerprint density at radius 3 is 2.17 bits per heavy atom. The quantitative estimate of drug-likeness (QED) is 0.602. The predicted molar refractivity (Wildman–Crippen MR) is 107 cm³/mol. The lowest BCUT2D eigenvalue weighted by Crippen LogP contribution is -2.05. The van der Waals surface area contributed by atoms with Crippen LogP contribution < -0.4 is 14.2 Å². The Kier molecular flexibility index (Phi) is 5.88. The van der Waals surface area contributed by atoms with E-state index in [1.54, 1.807) is 24.3 Å². The van der Waals surface area contributed by atoms with Crippen LogP contribution in [0.25, 0.3) is 11.1 Å². The molecular weight excluding hydrogens is 412 g/mol. The van der Waals surface area contributed by atoms with Gasteiger partial charge in [0, 0.05) is 11.8 Å². The first-order valence-corrected chi connectivity index (χ1v) is 10.4. The van der Waals surface area contributed by atoms with Crippen LogP contribution in [-0.4, -0.2) is 49.9 Å². The highest BCUT2D eigenvalue weighted by molar-refractivity contribution is 7.90. The molecule has 0 radical (unpaired) electrons. The third-order valence-electron chi connectivity index (χ3n) is 4.09. The molecule has 9 nitrogen and oxygen atoms in total. The van der Waals surface area contributed by atoms with E-state index in [9.17, 15) is 18.3 Å². The molecule has 0 aliphatic heterocycles. The molecule has 0 saturated heterocycles. The Morgan fingerprint density at radius 1 is 0.967 bits per heavy atom. The average Bonchev–Trinajstić information content (AvgIpc) is 2.72. The molecule has 0 unspecified atom stereocenters. The van der Waals surface area contributed by atoms with Crippen LogP contribution in [0.2, 0.25) is 0 Å². The van der Waals surface area contributed by atoms with Crippen LogP contribution in [0, 0.1) is 0 Å². The van der Waals surface area contributed by atoms with Crippen molar-refractivity contribution in [2.24, 2.45) is 0 Å². The Bertz CT molecular complexity index is 1190. The van der Waals surface area contributed by atoms with Crippen molar-refractivity contribution in [3.05, 3.63) is 54.1 Å². The third kappa shape index (κ3) is 4.49. The van der Waals surface area contributed by atoms with E-state index in [0.29, 0.717) is 5.56 Å². The van der Waals surface area contributed by atoms with E-state index in [1.165, 1.54) is 38.5 Å². The molecule has 3 rings (SSSR count). The van der Waals surface area contributed by atoms with Gasteiger partial charge in [0.1, 0.15) is 11.3 Å². The number of rotatable bonds is 7. The first kappa shape index (κ1) is 21.1. The second-order valence-corrected chi connectivity index (χ2v) is 8.14. The maximum Gasteiger partial charge on any atom is 0.340 e. The lowest BCUT2D eigenvalue weighted by atomic mass is 9.99.